The molecule has 0 aromatic heterocycles. The first kappa shape index (κ1) is 105. The molecule has 3 rings (SSSR count). The minimum Gasteiger partial charge on any atom is -0.479 e. The summed E-state index contributed by atoms with van der Waals surface area (Å²) >= 11 is 0. The van der Waals surface area contributed by atoms with Gasteiger partial charge in [-0.15, -0.1) is 5.10 Å². The first-order chi connectivity index (χ1) is 46.6. The predicted molar refractivity (Wildman–Crippen MR) is 381 cm³/mol. The van der Waals surface area contributed by atoms with Crippen LogP contribution in [0.2, 0.25) is 0 Å². The third-order valence-electron chi connectivity index (χ3n) is 11.2. The molecule has 35 nitrogen and oxygen atoms in total. The van der Waals surface area contributed by atoms with Crippen LogP contribution < -0.4 is 0 Å². The number of rotatable bonds is 26. The fraction of sp³-hybridized carbons (Fsp3) is 0.657. The fourth-order valence-corrected chi connectivity index (χ4v) is 10.4. The first-order valence-electron chi connectivity index (χ1n) is 31.9. The Bertz CT molecular complexity index is 3220. The van der Waals surface area contributed by atoms with E-state index in [1.54, 1.807) is 162 Å². The lowest BCUT2D eigenvalue weighted by atomic mass is 9.89. The average Bonchev–Trinajstić information content (AvgIpc) is 1.05. The topological polar surface area (TPSA) is 555 Å². The molecule has 5 unspecified atom stereocenters. The zero-order valence-corrected chi connectivity index (χ0v) is 67.3. The van der Waals surface area contributed by atoms with Gasteiger partial charge in [-0.2, -0.15) is 5.11 Å². The molecular weight excluding hydrogens is 1450 g/mol. The Morgan fingerprint density at radius 1 is 0.419 bits per heavy atom. The highest BCUT2D eigenvalue weighted by atomic mass is 31.2. The number of hydrogen-bond acceptors (Lipinski definition) is 24. The largest absolute Gasteiger partial charge is 0.479 e. The van der Waals surface area contributed by atoms with E-state index >= 15 is 0 Å². The van der Waals surface area contributed by atoms with Crippen molar-refractivity contribution in [2.45, 2.75) is 273 Å². The summed E-state index contributed by atoms with van der Waals surface area (Å²) in [6.07, 6.45) is -2.90. The number of ketones is 4. The van der Waals surface area contributed by atoms with E-state index in [0.717, 1.165) is 26.3 Å². The summed E-state index contributed by atoms with van der Waals surface area (Å²) in [4.78, 5) is 164. The fourth-order valence-electron chi connectivity index (χ4n) is 7.62. The van der Waals surface area contributed by atoms with E-state index in [4.69, 9.17) is 82.6 Å². The number of ether oxygens (including phenoxy) is 8. The Balaban J connectivity index is -0.000000573. The molecule has 1 heterocycles. The Kier molecular flexibility index (Phi) is 43.3. The molecule has 1 aliphatic rings. The molecule has 5 atom stereocenters. The number of Topliss-reactive ketones (excluding diaryl/α,β-unsaturated/α-hetero) is 4. The van der Waals surface area contributed by atoms with Crippen LogP contribution in [0.1, 0.15) is 191 Å². The van der Waals surface area contributed by atoms with Crippen LogP contribution >= 0.6 is 22.8 Å². The van der Waals surface area contributed by atoms with Crippen molar-refractivity contribution in [3.8, 4) is 0 Å². The lowest BCUT2D eigenvalue weighted by Crippen LogP contribution is -2.54. The molecule has 0 radical (unpaired) electrons. The summed E-state index contributed by atoms with van der Waals surface area (Å²) in [6.45, 7) is 41.8. The van der Waals surface area contributed by atoms with Crippen LogP contribution in [0.25, 0.3) is 0 Å². The Morgan fingerprint density at radius 3 is 0.886 bits per heavy atom. The molecule has 38 heteroatoms. The van der Waals surface area contributed by atoms with Crippen LogP contribution in [0.4, 0.5) is 0 Å². The second-order valence-electron chi connectivity index (χ2n) is 29.9. The molecule has 0 fully saturated rings. The molecule has 0 aliphatic carbocycles. The highest BCUT2D eigenvalue weighted by Crippen LogP contribution is 2.46. The zero-order valence-electron chi connectivity index (χ0n) is 64.7. The monoisotopic (exact) mass is 1560 g/mol. The summed E-state index contributed by atoms with van der Waals surface area (Å²) in [7, 11) is -13.5. The van der Waals surface area contributed by atoms with Gasteiger partial charge in [0.2, 0.25) is 23.1 Å². The van der Waals surface area contributed by atoms with Crippen molar-refractivity contribution in [2.24, 2.45) is 15.4 Å². The van der Waals surface area contributed by atoms with Crippen LogP contribution in [-0.2, 0) is 112 Å². The van der Waals surface area contributed by atoms with E-state index in [-0.39, 0.29) is 31.8 Å². The molecule has 2 aromatic rings. The van der Waals surface area contributed by atoms with Crippen molar-refractivity contribution in [1.29, 1.82) is 0 Å². The van der Waals surface area contributed by atoms with Crippen LogP contribution in [0.5, 0.6) is 0 Å². The molecular formula is C67H112N3O32P3. The highest BCUT2D eigenvalue weighted by molar-refractivity contribution is 7.54. The Hall–Kier alpha value is -6.62. The molecule has 2 aromatic carbocycles. The van der Waals surface area contributed by atoms with Crippen molar-refractivity contribution in [2.75, 3.05) is 13.2 Å². The van der Waals surface area contributed by atoms with E-state index in [2.05, 4.69) is 15.4 Å². The van der Waals surface area contributed by atoms with Gasteiger partial charge in [-0.1, -0.05) is 60.7 Å². The molecule has 11 N–H and O–H groups in total. The van der Waals surface area contributed by atoms with E-state index in [9.17, 15) is 71.9 Å². The Morgan fingerprint density at radius 2 is 0.705 bits per heavy atom. The van der Waals surface area contributed by atoms with E-state index in [0.29, 0.717) is 11.3 Å². The van der Waals surface area contributed by atoms with E-state index in [1.165, 1.54) is 6.92 Å². The third-order valence-corrected chi connectivity index (χ3v) is 14.4. The lowest BCUT2D eigenvalue weighted by molar-refractivity contribution is -0.199. The standard InChI is InChI=1S/C17H24O4.C14H18O5.C8H13N3O3.3C7H15O5P.C7H12O5/c1-6-20-15(19)17(13(2)18,21-16(3,4)5)12-14-10-8-7-9-11-14;1-13(2,3)19-14(11(15)16,12(17)18)9-10-7-5-4-6-8-10;1-8(2,3)14-6(7(12)13)5-4-9-11-10-5;3*1-5(8)6(13(9,10)11)12-7(2,3)4;1-7(2,3)12-4(5(8)9)6(10)11/h7-11H,6,12H2,1-5H3;4-8H,9H2,1-3H3,(H,15,16)(H,17,18);6H,4H2,1-3H3,(H,12,13);3*6H,1-4H3,(H2,9,10,11);4H,1-3H3,(H,8,9)(H,10,11). The van der Waals surface area contributed by atoms with Crippen molar-refractivity contribution in [3.63, 3.8) is 0 Å². The number of carbonyl (C=O) groups excluding carboxylic acids is 5. The number of hydrogen-bond donors (Lipinski definition) is 11. The van der Waals surface area contributed by atoms with Crippen molar-refractivity contribution in [3.05, 3.63) is 71.8 Å². The van der Waals surface area contributed by atoms with Crippen molar-refractivity contribution >= 4 is 87.4 Å². The molecule has 105 heavy (non-hydrogen) atoms. The second-order valence-corrected chi connectivity index (χ2v) is 34.8. The molecule has 602 valence electrons. The summed E-state index contributed by atoms with van der Waals surface area (Å²) in [5.41, 5.74) is -7.19. The van der Waals surface area contributed by atoms with Crippen LogP contribution in [0.3, 0.4) is 0 Å². The van der Waals surface area contributed by atoms with Crippen LogP contribution in [-0.4, -0.2) is 213 Å². The molecule has 1 aliphatic heterocycles. The molecule has 0 saturated carbocycles. The van der Waals surface area contributed by atoms with Gasteiger partial charge >= 0.3 is 58.6 Å². The predicted octanol–water partition coefficient (Wildman–Crippen LogP) is 8.99. The summed E-state index contributed by atoms with van der Waals surface area (Å²) in [5.74, 6) is -14.9. The lowest BCUT2D eigenvalue weighted by Gasteiger charge is -2.35. The van der Waals surface area contributed by atoms with E-state index < -0.39 is 156 Å². The number of carbonyl (C=O) groups is 10. The first-order valence-corrected chi connectivity index (χ1v) is 37.0. The maximum Gasteiger partial charge on any atom is 0.361 e. The number of esters is 1. The van der Waals surface area contributed by atoms with E-state index in [1.807, 2.05) is 51.1 Å². The second kappa shape index (κ2) is 43.4. The smallest absolute Gasteiger partial charge is 0.361 e. The maximum atomic E-state index is 12.4. The van der Waals surface area contributed by atoms with Gasteiger partial charge in [0.05, 0.1) is 45.8 Å². The van der Waals surface area contributed by atoms with Gasteiger partial charge in [-0.3, -0.25) is 32.9 Å². The molecule has 0 amide bonds. The summed E-state index contributed by atoms with van der Waals surface area (Å²) in [5, 5.41) is 54.9. The number of carboxylic acids is 5. The zero-order chi connectivity index (χ0) is 84.1. The van der Waals surface area contributed by atoms with Gasteiger partial charge in [-0.05, 0) is 196 Å². The van der Waals surface area contributed by atoms with Gasteiger partial charge in [-0.25, -0.2) is 28.8 Å². The number of aliphatic carboxylic acids is 5. The molecule has 0 spiro atoms. The normalized spacial score (nSPS) is 14.6. The minimum atomic E-state index is -4.50. The molecule has 0 saturated heterocycles. The summed E-state index contributed by atoms with van der Waals surface area (Å²) in [6, 6.07) is 17.9. The van der Waals surface area contributed by atoms with Crippen molar-refractivity contribution in [1.82, 2.24) is 0 Å². The van der Waals surface area contributed by atoms with Gasteiger partial charge < -0.3 is 92.8 Å². The maximum absolute atomic E-state index is 12.4. The SMILES string of the molecule is CC(=O)C(OC(C)(C)C)P(=O)(O)O.CC(=O)C(OC(C)(C)C)P(=O)(O)O.CC(=O)C(OC(C)(C)C)P(=O)(O)O.CC(C)(C)OC(C(=O)O)C(=O)O.CC(C)(C)OC(C(=O)O)C1=NN=NC1.CC(C)(C)OC(Cc1ccccc1)(C(=O)O)C(=O)O.CCOC(=O)C(Cc1ccccc1)(OC(C)(C)C)C(C)=O. The average molecular weight is 1560 g/mol. The highest BCUT2D eigenvalue weighted by Gasteiger charge is 2.52. The number of benzene rings is 2. The number of nitrogens with zero attached hydrogens (tertiary/aromatic N) is 3. The summed E-state index contributed by atoms with van der Waals surface area (Å²) < 4.78 is 73.7. The van der Waals surface area contributed by atoms with Crippen molar-refractivity contribution < 1.29 is 154 Å². The van der Waals surface area contributed by atoms with Gasteiger partial charge in [0.15, 0.2) is 29.2 Å². The van der Waals surface area contributed by atoms with Crippen LogP contribution in [0, 0.1) is 0 Å². The Labute approximate surface area is 613 Å². The third kappa shape index (κ3) is 47.6. The van der Waals surface area contributed by atoms with Gasteiger partial charge in [0.25, 0.3) is 11.7 Å². The molecule has 0 bridgehead atoms. The quantitative estimate of drug-likeness (QED) is 0.0238. The number of carboxylic acid groups (broad SMARTS) is 5. The van der Waals surface area contributed by atoms with Gasteiger partial charge in [0, 0.05) is 12.8 Å². The van der Waals surface area contributed by atoms with Gasteiger partial charge in [0.1, 0.15) is 12.3 Å². The van der Waals surface area contributed by atoms with Crippen LogP contribution in [0.15, 0.2) is 76.1 Å². The minimum absolute atomic E-state index is 0.166.